The molecule has 2 aliphatic rings. The van der Waals surface area contributed by atoms with E-state index in [2.05, 4.69) is 22.0 Å². The smallest absolute Gasteiger partial charge is 0.241 e. The molecule has 3 N–H and O–H groups in total. The summed E-state index contributed by atoms with van der Waals surface area (Å²) in [5, 5.41) is 9.04. The molecule has 1 saturated heterocycles. The second-order valence-corrected chi connectivity index (χ2v) is 8.65. The monoisotopic (exact) mass is 469 g/mol. The van der Waals surface area contributed by atoms with E-state index in [9.17, 15) is 9.59 Å². The van der Waals surface area contributed by atoms with Gasteiger partial charge in [-0.2, -0.15) is 0 Å². The number of carbonyl (C=O) groups is 2. The van der Waals surface area contributed by atoms with E-state index in [4.69, 9.17) is 18.9 Å². The molecule has 2 heterocycles. The average molecular weight is 470 g/mol. The van der Waals surface area contributed by atoms with Crippen LogP contribution in [0.1, 0.15) is 32.3 Å². The van der Waals surface area contributed by atoms with E-state index >= 15 is 0 Å². The minimum atomic E-state index is -0.470. The average Bonchev–Trinajstić information content (AvgIpc) is 3.31. The molecule has 9 nitrogen and oxygen atoms in total. The molecule has 0 spiro atoms. The van der Waals surface area contributed by atoms with Crippen molar-refractivity contribution in [1.82, 2.24) is 5.32 Å². The van der Waals surface area contributed by atoms with Gasteiger partial charge in [-0.1, -0.05) is 6.07 Å². The number of ether oxygens (including phenoxy) is 4. The quantitative estimate of drug-likeness (QED) is 0.546. The molecule has 1 fully saturated rings. The molecule has 2 aromatic carbocycles. The van der Waals surface area contributed by atoms with Gasteiger partial charge in [0.25, 0.3) is 0 Å². The molecule has 0 aromatic heterocycles. The zero-order chi connectivity index (χ0) is 24.1. The molecule has 0 aliphatic carbocycles. The maximum absolute atomic E-state index is 13.0. The largest absolute Gasteiger partial charge is 0.495 e. The minimum Gasteiger partial charge on any atom is -0.495 e. The summed E-state index contributed by atoms with van der Waals surface area (Å²) in [5.74, 6) is 1.62. The number of anilines is 2. The molecule has 0 saturated carbocycles. The van der Waals surface area contributed by atoms with Gasteiger partial charge < -0.3 is 34.9 Å². The first kappa shape index (κ1) is 23.8. The van der Waals surface area contributed by atoms with Gasteiger partial charge in [0.2, 0.25) is 18.6 Å². The van der Waals surface area contributed by atoms with Crippen LogP contribution in [0, 0.1) is 0 Å². The Labute approximate surface area is 199 Å². The Morgan fingerprint density at radius 3 is 2.56 bits per heavy atom. The lowest BCUT2D eigenvalue weighted by atomic mass is 9.74. The lowest BCUT2D eigenvalue weighted by Crippen LogP contribution is -2.48. The van der Waals surface area contributed by atoms with Crippen LogP contribution in [-0.4, -0.2) is 51.5 Å². The van der Waals surface area contributed by atoms with Crippen molar-refractivity contribution in [2.45, 2.75) is 38.1 Å². The molecule has 4 rings (SSSR count). The third-order valence-electron chi connectivity index (χ3n) is 6.35. The van der Waals surface area contributed by atoms with Crippen molar-refractivity contribution >= 4 is 23.2 Å². The Hall–Kier alpha value is -3.30. The highest BCUT2D eigenvalue weighted by Crippen LogP contribution is 2.40. The second kappa shape index (κ2) is 10.3. The fraction of sp³-hybridized carbons (Fsp3) is 0.440. The number of fused-ring (bicyclic) bond motifs is 1. The zero-order valence-electron chi connectivity index (χ0n) is 19.7. The molecule has 34 heavy (non-hydrogen) atoms. The summed E-state index contributed by atoms with van der Waals surface area (Å²) < 4.78 is 22.0. The first-order chi connectivity index (χ1) is 16.4. The standard InChI is InChI=1S/C25H31N3O6/c1-16(24(30)28-20-13-19(27-17(2)29)5-7-21(20)31-3)26-14-25(8-10-32-11-9-25)18-4-6-22-23(12-18)34-15-33-22/h4-7,12-13,16,26H,8-11,14-15H2,1-3H3,(H,27,29)(H,28,30). The predicted octanol–water partition coefficient (Wildman–Crippen LogP) is 3.05. The van der Waals surface area contributed by atoms with Gasteiger partial charge in [-0.05, 0) is 55.7 Å². The van der Waals surface area contributed by atoms with Gasteiger partial charge in [0, 0.05) is 37.8 Å². The summed E-state index contributed by atoms with van der Waals surface area (Å²) in [7, 11) is 1.53. The molecular formula is C25H31N3O6. The summed E-state index contributed by atoms with van der Waals surface area (Å²) in [6.07, 6.45) is 1.67. The number of amides is 2. The van der Waals surface area contributed by atoms with E-state index < -0.39 is 6.04 Å². The van der Waals surface area contributed by atoms with Gasteiger partial charge in [0.05, 0.1) is 18.8 Å². The summed E-state index contributed by atoms with van der Waals surface area (Å²) in [5.41, 5.74) is 2.03. The van der Waals surface area contributed by atoms with Crippen molar-refractivity contribution in [3.8, 4) is 17.2 Å². The van der Waals surface area contributed by atoms with Gasteiger partial charge in [0.1, 0.15) is 5.75 Å². The normalized spacial score (nSPS) is 17.0. The molecule has 2 aromatic rings. The van der Waals surface area contributed by atoms with Crippen LogP contribution in [0.15, 0.2) is 36.4 Å². The first-order valence-electron chi connectivity index (χ1n) is 11.4. The third-order valence-corrected chi connectivity index (χ3v) is 6.35. The fourth-order valence-corrected chi connectivity index (χ4v) is 4.32. The van der Waals surface area contributed by atoms with Crippen LogP contribution in [0.4, 0.5) is 11.4 Å². The molecule has 1 atom stereocenters. The number of benzene rings is 2. The highest BCUT2D eigenvalue weighted by atomic mass is 16.7. The summed E-state index contributed by atoms with van der Waals surface area (Å²) in [6.45, 7) is 5.41. The van der Waals surface area contributed by atoms with E-state index in [0.29, 0.717) is 36.9 Å². The van der Waals surface area contributed by atoms with Gasteiger partial charge in [0.15, 0.2) is 11.5 Å². The number of nitrogens with one attached hydrogen (secondary N) is 3. The number of methoxy groups -OCH3 is 1. The Bertz CT molecular complexity index is 1050. The second-order valence-electron chi connectivity index (χ2n) is 8.65. The van der Waals surface area contributed by atoms with Crippen molar-refractivity contribution in [1.29, 1.82) is 0 Å². The van der Waals surface area contributed by atoms with Crippen molar-refractivity contribution in [2.75, 3.05) is 44.3 Å². The Morgan fingerprint density at radius 2 is 1.82 bits per heavy atom. The predicted molar refractivity (Wildman–Crippen MR) is 128 cm³/mol. The molecule has 0 radical (unpaired) electrons. The fourth-order valence-electron chi connectivity index (χ4n) is 4.32. The molecule has 9 heteroatoms. The summed E-state index contributed by atoms with van der Waals surface area (Å²) in [6, 6.07) is 10.7. The number of rotatable bonds is 8. The van der Waals surface area contributed by atoms with Crippen molar-refractivity contribution in [2.24, 2.45) is 0 Å². The van der Waals surface area contributed by atoms with Crippen LogP contribution in [0.3, 0.4) is 0 Å². The minimum absolute atomic E-state index is 0.184. The van der Waals surface area contributed by atoms with Crippen LogP contribution in [0.25, 0.3) is 0 Å². The zero-order valence-corrected chi connectivity index (χ0v) is 19.7. The van der Waals surface area contributed by atoms with E-state index in [1.54, 1.807) is 18.2 Å². The van der Waals surface area contributed by atoms with Gasteiger partial charge in [-0.25, -0.2) is 0 Å². The van der Waals surface area contributed by atoms with Crippen LogP contribution in [0.2, 0.25) is 0 Å². The number of carbonyl (C=O) groups excluding carboxylic acids is 2. The van der Waals surface area contributed by atoms with Crippen LogP contribution >= 0.6 is 0 Å². The van der Waals surface area contributed by atoms with Gasteiger partial charge in [-0.3, -0.25) is 9.59 Å². The maximum atomic E-state index is 13.0. The van der Waals surface area contributed by atoms with Crippen LogP contribution in [0.5, 0.6) is 17.2 Å². The van der Waals surface area contributed by atoms with Crippen molar-refractivity contribution in [3.05, 3.63) is 42.0 Å². The molecule has 1 unspecified atom stereocenters. The van der Waals surface area contributed by atoms with E-state index in [1.807, 2.05) is 19.1 Å². The lowest BCUT2D eigenvalue weighted by Gasteiger charge is -2.38. The third kappa shape index (κ3) is 5.26. The Kier molecular flexibility index (Phi) is 7.23. The Balaban J connectivity index is 1.45. The molecule has 2 amide bonds. The topological polar surface area (TPSA) is 107 Å². The van der Waals surface area contributed by atoms with Gasteiger partial charge in [-0.15, -0.1) is 0 Å². The first-order valence-corrected chi connectivity index (χ1v) is 11.4. The molecule has 182 valence electrons. The van der Waals surface area contributed by atoms with E-state index in [0.717, 1.165) is 29.9 Å². The molecular weight excluding hydrogens is 438 g/mol. The Morgan fingerprint density at radius 1 is 1.06 bits per heavy atom. The maximum Gasteiger partial charge on any atom is 0.241 e. The van der Waals surface area contributed by atoms with E-state index in [1.165, 1.54) is 14.0 Å². The number of hydrogen-bond acceptors (Lipinski definition) is 7. The van der Waals surface area contributed by atoms with Crippen molar-refractivity contribution in [3.63, 3.8) is 0 Å². The van der Waals surface area contributed by atoms with E-state index in [-0.39, 0.29) is 24.0 Å². The van der Waals surface area contributed by atoms with Crippen molar-refractivity contribution < 1.29 is 28.5 Å². The van der Waals surface area contributed by atoms with Gasteiger partial charge >= 0.3 is 0 Å². The SMILES string of the molecule is COc1ccc(NC(C)=O)cc1NC(=O)C(C)NCC1(c2ccc3c(c2)OCO3)CCOCC1. The highest BCUT2D eigenvalue weighted by Gasteiger charge is 2.36. The summed E-state index contributed by atoms with van der Waals surface area (Å²) in [4.78, 5) is 24.4. The summed E-state index contributed by atoms with van der Waals surface area (Å²) >= 11 is 0. The van der Waals surface area contributed by atoms with Crippen LogP contribution in [-0.2, 0) is 19.7 Å². The highest BCUT2D eigenvalue weighted by molar-refractivity contribution is 5.97. The molecule has 0 bridgehead atoms. The molecule has 2 aliphatic heterocycles. The number of hydrogen-bond donors (Lipinski definition) is 3. The van der Waals surface area contributed by atoms with Crippen LogP contribution < -0.4 is 30.2 Å². The lowest BCUT2D eigenvalue weighted by molar-refractivity contribution is -0.118.